The lowest BCUT2D eigenvalue weighted by atomic mass is 9.82. The Labute approximate surface area is 178 Å². The summed E-state index contributed by atoms with van der Waals surface area (Å²) in [5.74, 6) is 0.603. The van der Waals surface area contributed by atoms with Gasteiger partial charge in [0.1, 0.15) is 5.75 Å². The van der Waals surface area contributed by atoms with E-state index in [4.69, 9.17) is 4.74 Å². The Kier molecular flexibility index (Phi) is 4.60. The van der Waals surface area contributed by atoms with Crippen LogP contribution >= 0.6 is 11.3 Å². The smallest absolute Gasteiger partial charge is 0.190 e. The number of benzene rings is 2. The average molecular weight is 413 g/mol. The molecule has 0 amide bonds. The summed E-state index contributed by atoms with van der Waals surface area (Å²) in [4.78, 5) is 14.7. The van der Waals surface area contributed by atoms with E-state index in [0.717, 1.165) is 49.7 Å². The highest BCUT2D eigenvalue weighted by Crippen LogP contribution is 2.46. The molecule has 5 heteroatoms. The lowest BCUT2D eigenvalue weighted by Gasteiger charge is -2.20. The first kappa shape index (κ1) is 18.6. The van der Waals surface area contributed by atoms with Crippen LogP contribution < -0.4 is 4.74 Å². The van der Waals surface area contributed by atoms with E-state index >= 15 is 0 Å². The second-order valence-corrected chi connectivity index (χ2v) is 8.25. The topological polar surface area (TPSA) is 55.0 Å². The maximum atomic E-state index is 13.6. The Hall–Kier alpha value is -3.44. The van der Waals surface area contributed by atoms with Crippen LogP contribution in [0.1, 0.15) is 39.9 Å². The number of fused-ring (bicyclic) bond motifs is 1. The fourth-order valence-electron chi connectivity index (χ4n) is 4.25. The molecular formula is C25H20N2O2S. The van der Waals surface area contributed by atoms with E-state index in [0.29, 0.717) is 0 Å². The van der Waals surface area contributed by atoms with Crippen LogP contribution in [0.15, 0.2) is 77.8 Å². The number of methoxy groups -OCH3 is 1. The van der Waals surface area contributed by atoms with Gasteiger partial charge in [0, 0.05) is 22.6 Å². The van der Waals surface area contributed by atoms with Gasteiger partial charge in [-0.3, -0.25) is 9.89 Å². The normalized spacial score (nSPS) is 14.1. The van der Waals surface area contributed by atoms with Crippen molar-refractivity contribution in [1.82, 2.24) is 10.2 Å². The first-order valence-corrected chi connectivity index (χ1v) is 10.6. The van der Waals surface area contributed by atoms with Crippen molar-refractivity contribution in [3.63, 3.8) is 0 Å². The van der Waals surface area contributed by atoms with Crippen molar-refractivity contribution in [2.24, 2.45) is 0 Å². The molecule has 0 saturated heterocycles. The average Bonchev–Trinajstić information content (AvgIpc) is 3.52. The van der Waals surface area contributed by atoms with E-state index in [1.165, 1.54) is 0 Å². The number of ether oxygens (including phenoxy) is 1. The molecule has 2 aromatic heterocycles. The van der Waals surface area contributed by atoms with Crippen molar-refractivity contribution < 1.29 is 9.53 Å². The molecule has 0 aliphatic heterocycles. The molecule has 0 saturated carbocycles. The van der Waals surface area contributed by atoms with E-state index < -0.39 is 0 Å². The van der Waals surface area contributed by atoms with Crippen LogP contribution in [0.2, 0.25) is 0 Å². The van der Waals surface area contributed by atoms with Crippen LogP contribution in [0.4, 0.5) is 0 Å². The number of aromatic nitrogens is 2. The minimum Gasteiger partial charge on any atom is -0.497 e. The summed E-state index contributed by atoms with van der Waals surface area (Å²) in [7, 11) is 1.64. The van der Waals surface area contributed by atoms with Gasteiger partial charge in [-0.1, -0.05) is 36.4 Å². The third-order valence-electron chi connectivity index (χ3n) is 5.69. The summed E-state index contributed by atoms with van der Waals surface area (Å²) >= 11 is 1.66. The van der Waals surface area contributed by atoms with Gasteiger partial charge in [-0.2, -0.15) is 5.10 Å². The molecule has 148 valence electrons. The molecular weight excluding hydrogens is 392 g/mol. The number of nitrogens with one attached hydrogen (secondary N) is 1. The molecule has 5 rings (SSSR count). The third kappa shape index (κ3) is 2.90. The molecule has 0 spiro atoms. The molecule has 30 heavy (non-hydrogen) atoms. The van der Waals surface area contributed by atoms with Crippen LogP contribution in [0, 0.1) is 0 Å². The van der Waals surface area contributed by atoms with Gasteiger partial charge in [-0.25, -0.2) is 0 Å². The zero-order valence-electron chi connectivity index (χ0n) is 16.7. The van der Waals surface area contributed by atoms with E-state index in [1.807, 2.05) is 61.0 Å². The summed E-state index contributed by atoms with van der Waals surface area (Å²) in [6.45, 7) is 2.03. The standard InChI is InChI=1S/C25H20N2O2S/c1-15-19-13-17(29-2)10-11-18(19)25(28)22(15)23(16-7-4-3-5-8-16)20-14-26-27-24(20)21-9-6-12-30-21/h3-14,23H,1-2H3,(H,26,27). The van der Waals surface area contributed by atoms with Crippen LogP contribution in [-0.2, 0) is 0 Å². The number of aromatic amines is 1. The molecule has 0 radical (unpaired) electrons. The van der Waals surface area contributed by atoms with Gasteiger partial charge in [-0.05, 0) is 53.3 Å². The van der Waals surface area contributed by atoms with Crippen LogP contribution in [0.25, 0.3) is 16.1 Å². The highest BCUT2D eigenvalue weighted by molar-refractivity contribution is 7.13. The minimum absolute atomic E-state index is 0.0670. The SMILES string of the molecule is COc1ccc2c(c1)C(C)=C(C(c1ccccc1)c1cn[nH]c1-c1cccs1)C2=O. The number of ketones is 1. The van der Waals surface area contributed by atoms with Crippen molar-refractivity contribution in [2.75, 3.05) is 7.11 Å². The maximum absolute atomic E-state index is 13.6. The number of carbonyl (C=O) groups excluding carboxylic acids is 1. The van der Waals surface area contributed by atoms with Crippen LogP contribution in [0.3, 0.4) is 0 Å². The number of H-pyrrole nitrogens is 1. The molecule has 2 heterocycles. The predicted octanol–water partition coefficient (Wildman–Crippen LogP) is 5.95. The lowest BCUT2D eigenvalue weighted by molar-refractivity contribution is 0.103. The van der Waals surface area contributed by atoms with Gasteiger partial charge in [0.25, 0.3) is 0 Å². The Morgan fingerprint density at radius 2 is 1.87 bits per heavy atom. The first-order valence-electron chi connectivity index (χ1n) is 9.75. The number of carbonyl (C=O) groups is 1. The summed E-state index contributed by atoms with van der Waals surface area (Å²) < 4.78 is 5.40. The van der Waals surface area contributed by atoms with E-state index in [2.05, 4.69) is 28.4 Å². The number of allylic oxidation sites excluding steroid dienone is 2. The Morgan fingerprint density at radius 1 is 1.03 bits per heavy atom. The van der Waals surface area contributed by atoms with Crippen molar-refractivity contribution in [3.05, 3.63) is 100 Å². The van der Waals surface area contributed by atoms with E-state index in [1.54, 1.807) is 18.4 Å². The van der Waals surface area contributed by atoms with Crippen molar-refractivity contribution in [2.45, 2.75) is 12.8 Å². The number of thiophene rings is 1. The summed E-state index contributed by atoms with van der Waals surface area (Å²) in [6.07, 6.45) is 1.85. The Bertz CT molecular complexity index is 1250. The van der Waals surface area contributed by atoms with Crippen molar-refractivity contribution in [3.8, 4) is 16.3 Å². The second-order valence-electron chi connectivity index (χ2n) is 7.30. The summed E-state index contributed by atoms with van der Waals surface area (Å²) in [6, 6.07) is 19.9. The summed E-state index contributed by atoms with van der Waals surface area (Å²) in [5, 5.41) is 9.55. The molecule has 1 aliphatic rings. The highest BCUT2D eigenvalue weighted by atomic mass is 32.1. The van der Waals surface area contributed by atoms with Gasteiger partial charge in [0.15, 0.2) is 5.78 Å². The van der Waals surface area contributed by atoms with Gasteiger partial charge in [0.2, 0.25) is 0 Å². The first-order chi connectivity index (χ1) is 14.7. The number of nitrogens with zero attached hydrogens (tertiary/aromatic N) is 1. The third-order valence-corrected chi connectivity index (χ3v) is 6.58. The maximum Gasteiger partial charge on any atom is 0.190 e. The van der Waals surface area contributed by atoms with E-state index in [9.17, 15) is 4.79 Å². The number of rotatable bonds is 5. The molecule has 1 aliphatic carbocycles. The molecule has 4 aromatic rings. The molecule has 0 bridgehead atoms. The monoisotopic (exact) mass is 412 g/mol. The van der Waals surface area contributed by atoms with Gasteiger partial charge in [0.05, 0.1) is 23.9 Å². The van der Waals surface area contributed by atoms with Crippen LogP contribution in [0.5, 0.6) is 5.75 Å². The van der Waals surface area contributed by atoms with Gasteiger partial charge in [-0.15, -0.1) is 11.3 Å². The summed E-state index contributed by atoms with van der Waals surface area (Å²) in [5.41, 5.74) is 6.48. The Balaban J connectivity index is 1.73. The van der Waals surface area contributed by atoms with E-state index in [-0.39, 0.29) is 11.7 Å². The molecule has 0 fully saturated rings. The Morgan fingerprint density at radius 3 is 2.60 bits per heavy atom. The zero-order valence-corrected chi connectivity index (χ0v) is 17.5. The predicted molar refractivity (Wildman–Crippen MR) is 120 cm³/mol. The van der Waals surface area contributed by atoms with Gasteiger partial charge < -0.3 is 4.74 Å². The van der Waals surface area contributed by atoms with Crippen LogP contribution in [-0.4, -0.2) is 23.1 Å². The van der Waals surface area contributed by atoms with Gasteiger partial charge >= 0.3 is 0 Å². The molecule has 1 N–H and O–H groups in total. The van der Waals surface area contributed by atoms with Crippen molar-refractivity contribution >= 4 is 22.7 Å². The quantitative estimate of drug-likeness (QED) is 0.441. The molecule has 2 aromatic carbocycles. The largest absolute Gasteiger partial charge is 0.497 e. The molecule has 1 unspecified atom stereocenters. The molecule has 1 atom stereocenters. The number of hydrogen-bond acceptors (Lipinski definition) is 4. The number of Topliss-reactive ketones (excluding diaryl/α,β-unsaturated/α-hetero) is 1. The zero-order chi connectivity index (χ0) is 20.7. The minimum atomic E-state index is -0.215. The molecule has 4 nitrogen and oxygen atoms in total. The highest BCUT2D eigenvalue weighted by Gasteiger charge is 2.36. The fraction of sp³-hybridized carbons (Fsp3) is 0.120. The second kappa shape index (κ2) is 7.43. The number of hydrogen-bond donors (Lipinski definition) is 1. The van der Waals surface area contributed by atoms with Crippen molar-refractivity contribution in [1.29, 1.82) is 0 Å². The lowest BCUT2D eigenvalue weighted by Crippen LogP contribution is -2.11. The fourth-order valence-corrected chi connectivity index (χ4v) is 4.99.